The maximum Gasteiger partial charge on any atom is 0.255 e. The number of hydrogen-bond donors (Lipinski definition) is 1. The molecule has 3 rings (SSSR count). The molecule has 1 N–H and O–H groups in total. The van der Waals surface area contributed by atoms with Crippen molar-refractivity contribution in [2.24, 2.45) is 0 Å². The molecule has 0 unspecified atom stereocenters. The highest BCUT2D eigenvalue weighted by molar-refractivity contribution is 7.89. The van der Waals surface area contributed by atoms with E-state index in [-0.39, 0.29) is 34.5 Å². The summed E-state index contributed by atoms with van der Waals surface area (Å²) in [6, 6.07) is 8.27. The van der Waals surface area contributed by atoms with Crippen LogP contribution in [0.2, 0.25) is 5.02 Å². The normalized spacial score (nSPS) is 15.4. The number of nitrogens with one attached hydrogen (secondary N) is 1. The largest absolute Gasteiger partial charge is 0.379 e. The summed E-state index contributed by atoms with van der Waals surface area (Å²) in [4.78, 5) is 12.7. The van der Waals surface area contributed by atoms with E-state index in [1.54, 1.807) is 0 Å². The Morgan fingerprint density at radius 1 is 1.07 bits per heavy atom. The van der Waals surface area contributed by atoms with E-state index in [4.69, 9.17) is 16.3 Å². The maximum absolute atomic E-state index is 12.9. The summed E-state index contributed by atoms with van der Waals surface area (Å²) in [5, 5.41) is 2.98. The van der Waals surface area contributed by atoms with E-state index in [0.717, 1.165) is 22.4 Å². The lowest BCUT2D eigenvalue weighted by Crippen LogP contribution is -2.40. The number of aryl methyl sites for hydroxylation is 3. The lowest BCUT2D eigenvalue weighted by Gasteiger charge is -2.26. The van der Waals surface area contributed by atoms with Crippen molar-refractivity contribution in [3.05, 3.63) is 57.6 Å². The minimum atomic E-state index is -3.80. The van der Waals surface area contributed by atoms with Gasteiger partial charge in [-0.15, -0.1) is 0 Å². The summed E-state index contributed by atoms with van der Waals surface area (Å²) in [7, 11) is -3.80. The van der Waals surface area contributed by atoms with Crippen molar-refractivity contribution >= 4 is 33.2 Å². The minimum absolute atomic E-state index is 0.0685. The van der Waals surface area contributed by atoms with Gasteiger partial charge in [-0.25, -0.2) is 8.42 Å². The molecule has 0 saturated carbocycles. The number of carbonyl (C=O) groups is 1. The van der Waals surface area contributed by atoms with Crippen LogP contribution in [0.5, 0.6) is 0 Å². The molecule has 8 heteroatoms. The molecule has 2 aromatic carbocycles. The minimum Gasteiger partial charge on any atom is -0.379 e. The molecule has 1 heterocycles. The number of anilines is 1. The molecule has 0 bridgehead atoms. The fraction of sp³-hybridized carbons (Fsp3) is 0.350. The number of rotatable bonds is 4. The molecule has 1 saturated heterocycles. The average Bonchev–Trinajstić information content (AvgIpc) is 2.65. The SMILES string of the molecule is Cc1cc(C)c(NC(=O)c2ccc(Cl)c(S(=O)(=O)N3CCOCC3)c2)c(C)c1. The monoisotopic (exact) mass is 422 g/mol. The number of nitrogens with zero attached hydrogens (tertiary/aromatic N) is 1. The molecule has 1 aliphatic rings. The third-order valence-corrected chi connectivity index (χ3v) is 7.08. The Bertz CT molecular complexity index is 992. The quantitative estimate of drug-likeness (QED) is 0.817. The molecule has 28 heavy (non-hydrogen) atoms. The van der Waals surface area contributed by atoms with Gasteiger partial charge in [-0.3, -0.25) is 4.79 Å². The summed E-state index contributed by atoms with van der Waals surface area (Å²) < 4.78 is 32.4. The summed E-state index contributed by atoms with van der Waals surface area (Å²) in [6.07, 6.45) is 0. The van der Waals surface area contributed by atoms with E-state index in [2.05, 4.69) is 5.32 Å². The molecule has 1 fully saturated rings. The van der Waals surface area contributed by atoms with Gasteiger partial charge in [-0.05, 0) is 50.1 Å². The van der Waals surface area contributed by atoms with Crippen LogP contribution in [-0.4, -0.2) is 44.9 Å². The van der Waals surface area contributed by atoms with Gasteiger partial charge >= 0.3 is 0 Å². The van der Waals surface area contributed by atoms with Crippen molar-refractivity contribution in [1.29, 1.82) is 0 Å². The highest BCUT2D eigenvalue weighted by Crippen LogP contribution is 2.28. The first-order valence-electron chi connectivity index (χ1n) is 8.97. The van der Waals surface area contributed by atoms with E-state index in [1.807, 2.05) is 32.9 Å². The number of amides is 1. The van der Waals surface area contributed by atoms with Crippen molar-refractivity contribution < 1.29 is 17.9 Å². The van der Waals surface area contributed by atoms with Crippen LogP contribution in [-0.2, 0) is 14.8 Å². The van der Waals surface area contributed by atoms with Crippen molar-refractivity contribution in [2.75, 3.05) is 31.6 Å². The molecular formula is C20H23ClN2O4S. The number of benzene rings is 2. The molecule has 0 atom stereocenters. The van der Waals surface area contributed by atoms with Crippen LogP contribution < -0.4 is 5.32 Å². The lowest BCUT2D eigenvalue weighted by molar-refractivity contribution is 0.0730. The van der Waals surface area contributed by atoms with Gasteiger partial charge in [0.05, 0.1) is 18.2 Å². The highest BCUT2D eigenvalue weighted by Gasteiger charge is 2.29. The first kappa shape index (κ1) is 20.8. The number of sulfonamides is 1. The molecule has 2 aromatic rings. The summed E-state index contributed by atoms with van der Waals surface area (Å²) in [5.74, 6) is -0.384. The Morgan fingerprint density at radius 2 is 1.68 bits per heavy atom. The van der Waals surface area contributed by atoms with Gasteiger partial charge in [0.1, 0.15) is 4.90 Å². The predicted octanol–water partition coefficient (Wildman–Crippen LogP) is 3.54. The van der Waals surface area contributed by atoms with Crippen LogP contribution in [0.1, 0.15) is 27.0 Å². The Morgan fingerprint density at radius 3 is 2.29 bits per heavy atom. The topological polar surface area (TPSA) is 75.7 Å². The zero-order valence-corrected chi connectivity index (χ0v) is 17.7. The van der Waals surface area contributed by atoms with Crippen molar-refractivity contribution in [1.82, 2.24) is 4.31 Å². The van der Waals surface area contributed by atoms with E-state index >= 15 is 0 Å². The predicted molar refractivity (Wildman–Crippen MR) is 110 cm³/mol. The van der Waals surface area contributed by atoms with Crippen molar-refractivity contribution in [3.8, 4) is 0 Å². The van der Waals surface area contributed by atoms with Crippen LogP contribution in [0.3, 0.4) is 0 Å². The van der Waals surface area contributed by atoms with Crippen LogP contribution in [0.4, 0.5) is 5.69 Å². The fourth-order valence-corrected chi connectivity index (χ4v) is 5.24. The highest BCUT2D eigenvalue weighted by atomic mass is 35.5. The molecular weight excluding hydrogens is 400 g/mol. The van der Waals surface area contributed by atoms with Gasteiger partial charge in [-0.2, -0.15) is 4.31 Å². The first-order valence-corrected chi connectivity index (χ1v) is 10.8. The molecule has 6 nitrogen and oxygen atoms in total. The third-order valence-electron chi connectivity index (χ3n) is 4.70. The van der Waals surface area contributed by atoms with E-state index in [0.29, 0.717) is 13.2 Å². The van der Waals surface area contributed by atoms with Crippen LogP contribution >= 0.6 is 11.6 Å². The number of halogens is 1. The molecule has 150 valence electrons. The number of ether oxygens (including phenoxy) is 1. The molecule has 0 aromatic heterocycles. The van der Waals surface area contributed by atoms with E-state index < -0.39 is 10.0 Å². The van der Waals surface area contributed by atoms with Gasteiger partial charge in [0, 0.05) is 24.3 Å². The van der Waals surface area contributed by atoms with Crippen LogP contribution in [0.25, 0.3) is 0 Å². The smallest absolute Gasteiger partial charge is 0.255 e. The molecule has 1 amide bonds. The lowest BCUT2D eigenvalue weighted by atomic mass is 10.0. The van der Waals surface area contributed by atoms with Gasteiger partial charge in [0.15, 0.2) is 0 Å². The van der Waals surface area contributed by atoms with Gasteiger partial charge < -0.3 is 10.1 Å². The Labute approximate surface area is 170 Å². The second-order valence-corrected chi connectivity index (χ2v) is 9.20. The Balaban J connectivity index is 1.92. The van der Waals surface area contributed by atoms with Crippen molar-refractivity contribution in [3.63, 3.8) is 0 Å². The van der Waals surface area contributed by atoms with E-state index in [1.165, 1.54) is 22.5 Å². The van der Waals surface area contributed by atoms with Gasteiger partial charge in [0.25, 0.3) is 5.91 Å². The maximum atomic E-state index is 12.9. The average molecular weight is 423 g/mol. The number of carbonyl (C=O) groups excluding carboxylic acids is 1. The Kier molecular flexibility index (Phi) is 6.09. The van der Waals surface area contributed by atoms with Crippen LogP contribution in [0, 0.1) is 20.8 Å². The Hall–Kier alpha value is -1.93. The van der Waals surface area contributed by atoms with Crippen molar-refractivity contribution in [2.45, 2.75) is 25.7 Å². The zero-order chi connectivity index (χ0) is 20.5. The molecule has 0 radical (unpaired) electrons. The zero-order valence-electron chi connectivity index (χ0n) is 16.1. The van der Waals surface area contributed by atoms with Gasteiger partial charge in [0.2, 0.25) is 10.0 Å². The molecule has 1 aliphatic heterocycles. The molecule has 0 aliphatic carbocycles. The second-order valence-electron chi connectivity index (χ2n) is 6.89. The summed E-state index contributed by atoms with van der Waals surface area (Å²) >= 11 is 6.16. The second kappa shape index (κ2) is 8.21. The number of hydrogen-bond acceptors (Lipinski definition) is 4. The first-order chi connectivity index (χ1) is 13.2. The fourth-order valence-electron chi connectivity index (χ4n) is 3.33. The third kappa shape index (κ3) is 4.22. The number of morpholine rings is 1. The van der Waals surface area contributed by atoms with E-state index in [9.17, 15) is 13.2 Å². The standard InChI is InChI=1S/C20H23ClN2O4S/c1-13-10-14(2)19(15(3)11-13)22-20(24)16-4-5-17(21)18(12-16)28(25,26)23-6-8-27-9-7-23/h4-5,10-12H,6-9H2,1-3H3,(H,22,24). The summed E-state index contributed by atoms with van der Waals surface area (Å²) in [5.41, 5.74) is 3.96. The van der Waals surface area contributed by atoms with Crippen LogP contribution in [0.15, 0.2) is 35.2 Å². The molecule has 0 spiro atoms. The van der Waals surface area contributed by atoms with Gasteiger partial charge in [-0.1, -0.05) is 29.3 Å². The summed E-state index contributed by atoms with van der Waals surface area (Å²) in [6.45, 7) is 7.03.